The number of ketones is 1. The number of aromatic nitrogens is 1. The number of rotatable bonds is 9. The molecule has 0 spiro atoms. The van der Waals surface area contributed by atoms with Gasteiger partial charge in [0, 0.05) is 30.5 Å². The highest BCUT2D eigenvalue weighted by molar-refractivity contribution is 7.15. The number of Topliss-reactive ketones (excluding diaryl/α,β-unsaturated/α-hetero) is 1. The number of nitriles is 1. The van der Waals surface area contributed by atoms with Crippen molar-refractivity contribution in [2.75, 3.05) is 6.54 Å². The molecule has 0 saturated carbocycles. The first-order valence-electron chi connectivity index (χ1n) is 8.67. The average molecular weight is 377 g/mol. The van der Waals surface area contributed by atoms with Crippen molar-refractivity contribution in [1.82, 2.24) is 10.3 Å². The van der Waals surface area contributed by atoms with E-state index in [1.807, 2.05) is 60.8 Å². The van der Waals surface area contributed by atoms with E-state index >= 15 is 0 Å². The predicted molar refractivity (Wildman–Crippen MR) is 106 cm³/mol. The quantitative estimate of drug-likeness (QED) is 0.336. The number of ether oxygens (including phenoxy) is 1. The molecule has 0 radical (unpaired) electrons. The normalized spacial score (nSPS) is 10.2. The lowest BCUT2D eigenvalue weighted by molar-refractivity contribution is -0.118. The number of carbonyl (C=O) groups is 1. The van der Waals surface area contributed by atoms with E-state index in [0.29, 0.717) is 25.8 Å². The van der Waals surface area contributed by atoms with Crippen LogP contribution in [-0.4, -0.2) is 17.3 Å². The van der Waals surface area contributed by atoms with E-state index < -0.39 is 0 Å². The van der Waals surface area contributed by atoms with Crippen LogP contribution >= 0.6 is 11.3 Å². The van der Waals surface area contributed by atoms with Crippen LogP contribution in [-0.2, 0) is 11.2 Å². The summed E-state index contributed by atoms with van der Waals surface area (Å²) in [7, 11) is 0. The summed E-state index contributed by atoms with van der Waals surface area (Å²) in [5, 5.41) is 11.8. The van der Waals surface area contributed by atoms with Crippen LogP contribution in [0.25, 0.3) is 10.6 Å². The zero-order valence-corrected chi connectivity index (χ0v) is 15.5. The van der Waals surface area contributed by atoms with Crippen molar-refractivity contribution in [1.29, 1.82) is 5.26 Å². The zero-order valence-electron chi connectivity index (χ0n) is 14.7. The second-order valence-electron chi connectivity index (χ2n) is 5.90. The van der Waals surface area contributed by atoms with Gasteiger partial charge in [-0.25, -0.2) is 4.98 Å². The lowest BCUT2D eigenvalue weighted by Gasteiger charge is -2.09. The monoisotopic (exact) mass is 377 g/mol. The van der Waals surface area contributed by atoms with E-state index in [1.165, 1.54) is 11.3 Å². The van der Waals surface area contributed by atoms with Crippen molar-refractivity contribution in [2.24, 2.45) is 0 Å². The van der Waals surface area contributed by atoms with E-state index in [1.54, 1.807) is 6.20 Å². The molecular formula is C21H19N3O2S. The van der Waals surface area contributed by atoms with Crippen LogP contribution in [0.4, 0.5) is 0 Å². The Labute approximate surface area is 162 Å². The highest BCUT2D eigenvalue weighted by Gasteiger charge is 2.13. The number of hydrogen-bond acceptors (Lipinski definition) is 6. The van der Waals surface area contributed by atoms with Gasteiger partial charge in [-0.1, -0.05) is 30.3 Å². The first-order valence-corrected chi connectivity index (χ1v) is 9.48. The van der Waals surface area contributed by atoms with Gasteiger partial charge in [-0.15, -0.1) is 11.3 Å². The Morgan fingerprint density at radius 1 is 1.15 bits per heavy atom. The molecule has 136 valence electrons. The van der Waals surface area contributed by atoms with Crippen LogP contribution in [0.3, 0.4) is 0 Å². The van der Waals surface area contributed by atoms with Gasteiger partial charge in [-0.2, -0.15) is 5.26 Å². The molecule has 1 heterocycles. The average Bonchev–Trinajstić information content (AvgIpc) is 3.15. The number of nitrogens with zero attached hydrogens (tertiary/aromatic N) is 2. The number of thiazole rings is 1. The van der Waals surface area contributed by atoms with Gasteiger partial charge in [0.25, 0.3) is 0 Å². The van der Waals surface area contributed by atoms with Crippen LogP contribution in [0.15, 0.2) is 60.8 Å². The summed E-state index contributed by atoms with van der Waals surface area (Å²) in [5.74, 6) is 1.65. The molecule has 0 atom stereocenters. The summed E-state index contributed by atoms with van der Waals surface area (Å²) >= 11 is 1.50. The summed E-state index contributed by atoms with van der Waals surface area (Å²) in [6.45, 7) is 0.528. The van der Waals surface area contributed by atoms with Crippen LogP contribution < -0.4 is 10.1 Å². The van der Waals surface area contributed by atoms with Gasteiger partial charge in [0.05, 0.1) is 5.56 Å². The number of nitrogens with one attached hydrogen (secondary N) is 1. The maximum absolute atomic E-state index is 12.1. The van der Waals surface area contributed by atoms with Crippen LogP contribution in [0.2, 0.25) is 0 Å². The molecule has 0 aliphatic rings. The smallest absolute Gasteiger partial charge is 0.176 e. The van der Waals surface area contributed by atoms with Gasteiger partial charge < -0.3 is 10.1 Å². The van der Waals surface area contributed by atoms with Crippen LogP contribution in [0, 0.1) is 11.5 Å². The fourth-order valence-electron chi connectivity index (χ4n) is 2.57. The molecule has 0 unspecified atom stereocenters. The lowest BCUT2D eigenvalue weighted by atomic mass is 10.1. The van der Waals surface area contributed by atoms with Crippen LogP contribution in [0.5, 0.6) is 11.5 Å². The molecule has 6 heteroatoms. The maximum atomic E-state index is 12.1. The molecule has 0 amide bonds. The fourth-order valence-corrected chi connectivity index (χ4v) is 3.55. The zero-order chi connectivity index (χ0) is 18.9. The minimum Gasteiger partial charge on any atom is -0.457 e. The third-order valence-electron chi connectivity index (χ3n) is 3.85. The minimum absolute atomic E-state index is 0.152. The SMILES string of the molecule is N#CNCCCC(=O)Cc1cnc(-c2ccccc2Oc2ccccc2)s1. The maximum Gasteiger partial charge on any atom is 0.176 e. The second kappa shape index (κ2) is 9.51. The molecule has 0 fully saturated rings. The summed E-state index contributed by atoms with van der Waals surface area (Å²) in [4.78, 5) is 17.5. The molecule has 1 N–H and O–H groups in total. The third-order valence-corrected chi connectivity index (χ3v) is 4.88. The Morgan fingerprint density at radius 3 is 2.74 bits per heavy atom. The number of benzene rings is 2. The van der Waals surface area contributed by atoms with Gasteiger partial charge in [-0.05, 0) is 30.7 Å². The van der Waals surface area contributed by atoms with Crippen molar-refractivity contribution in [3.63, 3.8) is 0 Å². The van der Waals surface area contributed by atoms with E-state index in [0.717, 1.165) is 26.9 Å². The van der Waals surface area contributed by atoms with Crippen molar-refractivity contribution in [2.45, 2.75) is 19.3 Å². The Morgan fingerprint density at radius 2 is 1.93 bits per heavy atom. The highest BCUT2D eigenvalue weighted by atomic mass is 32.1. The molecule has 0 aliphatic carbocycles. The van der Waals surface area contributed by atoms with Crippen molar-refractivity contribution >= 4 is 17.1 Å². The number of carbonyl (C=O) groups excluding carboxylic acids is 1. The topological polar surface area (TPSA) is 75.0 Å². The molecule has 3 aromatic rings. The minimum atomic E-state index is 0.152. The molecule has 0 bridgehead atoms. The van der Waals surface area contributed by atoms with Crippen molar-refractivity contribution in [3.8, 4) is 28.3 Å². The van der Waals surface area contributed by atoms with Gasteiger partial charge in [0.2, 0.25) is 0 Å². The van der Waals surface area contributed by atoms with Crippen LogP contribution in [0.1, 0.15) is 17.7 Å². The molecule has 2 aromatic carbocycles. The van der Waals surface area contributed by atoms with Gasteiger partial charge in [0.15, 0.2) is 6.19 Å². The molecule has 0 saturated heterocycles. The Hall–Kier alpha value is -3.17. The molecule has 0 aliphatic heterocycles. The van der Waals surface area contributed by atoms with Crippen molar-refractivity contribution in [3.05, 3.63) is 65.7 Å². The second-order valence-corrected chi connectivity index (χ2v) is 7.02. The summed E-state index contributed by atoms with van der Waals surface area (Å²) in [5.41, 5.74) is 0.906. The predicted octanol–water partition coefficient (Wildman–Crippen LogP) is 4.56. The third kappa shape index (κ3) is 5.40. The molecule has 3 rings (SSSR count). The van der Waals surface area contributed by atoms with Crippen molar-refractivity contribution < 1.29 is 9.53 Å². The molecule has 5 nitrogen and oxygen atoms in total. The van der Waals surface area contributed by atoms with Gasteiger partial charge in [-0.3, -0.25) is 4.79 Å². The largest absolute Gasteiger partial charge is 0.457 e. The van der Waals surface area contributed by atoms with Gasteiger partial charge in [0.1, 0.15) is 22.3 Å². The first-order chi connectivity index (χ1) is 13.3. The molecule has 1 aromatic heterocycles. The molecular weight excluding hydrogens is 358 g/mol. The molecule has 27 heavy (non-hydrogen) atoms. The van der Waals surface area contributed by atoms with E-state index in [2.05, 4.69) is 10.3 Å². The van der Waals surface area contributed by atoms with Gasteiger partial charge >= 0.3 is 0 Å². The number of hydrogen-bond donors (Lipinski definition) is 1. The van der Waals surface area contributed by atoms with E-state index in [4.69, 9.17) is 10.00 Å². The Bertz CT molecular complexity index is 932. The Kier molecular flexibility index (Phi) is 6.55. The summed E-state index contributed by atoms with van der Waals surface area (Å²) in [6, 6.07) is 17.4. The standard InChI is InChI=1S/C21H19N3O2S/c22-15-23-12-6-7-16(25)13-18-14-24-21(27-18)19-10-4-5-11-20(19)26-17-8-2-1-3-9-17/h1-5,8-11,14,23H,6-7,12-13H2. The summed E-state index contributed by atoms with van der Waals surface area (Å²) in [6.07, 6.45) is 5.09. The Balaban J connectivity index is 1.68. The first kappa shape index (κ1) is 18.6. The number of para-hydroxylation sites is 2. The lowest BCUT2D eigenvalue weighted by Crippen LogP contribution is -2.10. The highest BCUT2D eigenvalue weighted by Crippen LogP contribution is 2.35. The van der Waals surface area contributed by atoms with E-state index in [-0.39, 0.29) is 5.78 Å². The fraction of sp³-hybridized carbons (Fsp3) is 0.190. The summed E-state index contributed by atoms with van der Waals surface area (Å²) < 4.78 is 6.00. The van der Waals surface area contributed by atoms with E-state index in [9.17, 15) is 4.79 Å².